The molecule has 1 N–H and O–H groups in total. The Balaban J connectivity index is 2.23. The van der Waals surface area contributed by atoms with Gasteiger partial charge in [-0.25, -0.2) is 4.98 Å². The van der Waals surface area contributed by atoms with Crippen LogP contribution >= 0.6 is 11.6 Å². The molecule has 0 aromatic carbocycles. The summed E-state index contributed by atoms with van der Waals surface area (Å²) in [6.45, 7) is 8.64. The van der Waals surface area contributed by atoms with E-state index in [1.807, 2.05) is 18.3 Å². The first-order valence-electron chi connectivity index (χ1n) is 5.28. The van der Waals surface area contributed by atoms with Crippen LogP contribution in [0.15, 0.2) is 18.3 Å². The topological polar surface area (TPSA) is 24.9 Å². The Morgan fingerprint density at radius 1 is 1.33 bits per heavy atom. The summed E-state index contributed by atoms with van der Waals surface area (Å²) in [5.41, 5.74) is 1.57. The van der Waals surface area contributed by atoms with E-state index in [-0.39, 0.29) is 0 Å². The molecular formula is C12H19ClN2. The highest BCUT2D eigenvalue weighted by Gasteiger charge is 2.08. The summed E-state index contributed by atoms with van der Waals surface area (Å²) in [7, 11) is 0. The molecule has 1 rings (SSSR count). The molecule has 0 fully saturated rings. The number of hydrogen-bond donors (Lipinski definition) is 1. The van der Waals surface area contributed by atoms with Crippen molar-refractivity contribution < 1.29 is 0 Å². The minimum absolute atomic E-state index is 0.394. The predicted molar refractivity (Wildman–Crippen MR) is 65.0 cm³/mol. The molecule has 0 atom stereocenters. The summed E-state index contributed by atoms with van der Waals surface area (Å²) in [5, 5.41) is 3.94. The van der Waals surface area contributed by atoms with Crippen molar-refractivity contribution in [1.29, 1.82) is 0 Å². The Kier molecular flexibility index (Phi) is 4.55. The number of aromatic nitrogens is 1. The van der Waals surface area contributed by atoms with Crippen molar-refractivity contribution in [3.05, 3.63) is 29.0 Å². The van der Waals surface area contributed by atoms with E-state index in [4.69, 9.17) is 11.6 Å². The van der Waals surface area contributed by atoms with Gasteiger partial charge >= 0.3 is 0 Å². The maximum atomic E-state index is 5.70. The molecule has 0 spiro atoms. The molecule has 1 heterocycles. The van der Waals surface area contributed by atoms with Gasteiger partial charge in [0.15, 0.2) is 0 Å². The molecule has 2 nitrogen and oxygen atoms in total. The van der Waals surface area contributed by atoms with Gasteiger partial charge < -0.3 is 5.32 Å². The molecule has 0 bridgehead atoms. The maximum absolute atomic E-state index is 5.70. The van der Waals surface area contributed by atoms with Gasteiger partial charge in [0, 0.05) is 12.7 Å². The lowest BCUT2D eigenvalue weighted by molar-refractivity contribution is 0.366. The van der Waals surface area contributed by atoms with E-state index in [0.29, 0.717) is 10.6 Å². The Hall–Kier alpha value is -0.600. The third kappa shape index (κ3) is 5.75. The van der Waals surface area contributed by atoms with E-state index in [0.717, 1.165) is 13.1 Å². The zero-order chi connectivity index (χ0) is 11.3. The molecule has 0 aliphatic rings. The number of nitrogens with zero attached hydrogens (tertiary/aromatic N) is 1. The third-order valence-electron chi connectivity index (χ3n) is 2.17. The zero-order valence-corrected chi connectivity index (χ0v) is 10.4. The van der Waals surface area contributed by atoms with Gasteiger partial charge in [0.1, 0.15) is 5.15 Å². The molecule has 0 amide bonds. The molecule has 1 aromatic rings. The molecule has 0 saturated carbocycles. The fourth-order valence-corrected chi connectivity index (χ4v) is 1.32. The second-order valence-electron chi connectivity index (χ2n) is 4.98. The molecule has 3 heteroatoms. The first-order valence-corrected chi connectivity index (χ1v) is 5.66. The monoisotopic (exact) mass is 226 g/mol. The van der Waals surface area contributed by atoms with Crippen molar-refractivity contribution in [2.75, 3.05) is 6.54 Å². The highest BCUT2D eigenvalue weighted by molar-refractivity contribution is 6.29. The molecule has 84 valence electrons. The third-order valence-corrected chi connectivity index (χ3v) is 2.39. The molecule has 0 saturated heterocycles. The van der Waals surface area contributed by atoms with E-state index in [1.165, 1.54) is 12.0 Å². The average molecular weight is 227 g/mol. The molecular weight excluding hydrogens is 208 g/mol. The average Bonchev–Trinajstić information content (AvgIpc) is 2.14. The van der Waals surface area contributed by atoms with Gasteiger partial charge in [-0.1, -0.05) is 38.4 Å². The van der Waals surface area contributed by atoms with Crippen molar-refractivity contribution in [1.82, 2.24) is 10.3 Å². The lowest BCUT2D eigenvalue weighted by Gasteiger charge is -2.18. The number of hydrogen-bond acceptors (Lipinski definition) is 2. The van der Waals surface area contributed by atoms with Crippen LogP contribution < -0.4 is 5.32 Å². The highest BCUT2D eigenvalue weighted by atomic mass is 35.5. The Morgan fingerprint density at radius 2 is 2.07 bits per heavy atom. The van der Waals surface area contributed by atoms with Gasteiger partial charge in [0.05, 0.1) is 0 Å². The largest absolute Gasteiger partial charge is 0.313 e. The van der Waals surface area contributed by atoms with E-state index < -0.39 is 0 Å². The Morgan fingerprint density at radius 3 is 2.60 bits per heavy atom. The summed E-state index contributed by atoms with van der Waals surface area (Å²) in [5.74, 6) is 0. The summed E-state index contributed by atoms with van der Waals surface area (Å²) < 4.78 is 0. The first-order chi connectivity index (χ1) is 6.97. The van der Waals surface area contributed by atoms with Crippen molar-refractivity contribution >= 4 is 11.6 Å². The zero-order valence-electron chi connectivity index (χ0n) is 9.68. The predicted octanol–water partition coefficient (Wildman–Crippen LogP) is 3.26. The fraction of sp³-hybridized carbons (Fsp3) is 0.583. The fourth-order valence-electron chi connectivity index (χ4n) is 1.21. The minimum Gasteiger partial charge on any atom is -0.313 e. The van der Waals surface area contributed by atoms with Crippen molar-refractivity contribution in [2.45, 2.75) is 33.7 Å². The molecule has 1 aromatic heterocycles. The second-order valence-corrected chi connectivity index (χ2v) is 5.36. The molecule has 0 aliphatic heterocycles. The molecule has 0 aliphatic carbocycles. The van der Waals surface area contributed by atoms with Crippen molar-refractivity contribution in [3.8, 4) is 0 Å². The van der Waals surface area contributed by atoms with Gasteiger partial charge in [-0.3, -0.25) is 0 Å². The summed E-state index contributed by atoms with van der Waals surface area (Å²) in [6.07, 6.45) is 2.99. The van der Waals surface area contributed by atoms with Gasteiger partial charge in [0.2, 0.25) is 0 Å². The smallest absolute Gasteiger partial charge is 0.129 e. The van der Waals surface area contributed by atoms with E-state index in [1.54, 1.807) is 0 Å². The normalized spacial score (nSPS) is 11.7. The minimum atomic E-state index is 0.394. The number of pyridine rings is 1. The van der Waals surface area contributed by atoms with Gasteiger partial charge in [-0.15, -0.1) is 0 Å². The van der Waals surface area contributed by atoms with Crippen LogP contribution in [0.4, 0.5) is 0 Å². The number of nitrogens with one attached hydrogen (secondary N) is 1. The number of halogens is 1. The van der Waals surface area contributed by atoms with Gasteiger partial charge in [-0.2, -0.15) is 0 Å². The lowest BCUT2D eigenvalue weighted by Crippen LogP contribution is -2.20. The van der Waals surface area contributed by atoms with E-state index >= 15 is 0 Å². The Bertz CT molecular complexity index is 287. The number of rotatable bonds is 4. The second kappa shape index (κ2) is 5.47. The van der Waals surface area contributed by atoms with E-state index in [9.17, 15) is 0 Å². The summed E-state index contributed by atoms with van der Waals surface area (Å²) in [6, 6.07) is 3.82. The molecule has 0 unspecified atom stereocenters. The van der Waals surface area contributed by atoms with E-state index in [2.05, 4.69) is 31.1 Å². The van der Waals surface area contributed by atoms with Crippen LogP contribution in [-0.4, -0.2) is 11.5 Å². The highest BCUT2D eigenvalue weighted by Crippen LogP contribution is 2.17. The standard InChI is InChI=1S/C12H19ClN2/c1-12(2,3)6-7-14-8-10-4-5-11(13)15-9-10/h4-5,9,14H,6-8H2,1-3H3. The van der Waals surface area contributed by atoms with Crippen molar-refractivity contribution in [3.63, 3.8) is 0 Å². The van der Waals surface area contributed by atoms with Crippen molar-refractivity contribution in [2.24, 2.45) is 5.41 Å². The van der Waals surface area contributed by atoms with Crippen LogP contribution in [0.2, 0.25) is 5.15 Å². The SMILES string of the molecule is CC(C)(C)CCNCc1ccc(Cl)nc1. The van der Waals surface area contributed by atoms with Crippen LogP contribution in [0.5, 0.6) is 0 Å². The van der Waals surface area contributed by atoms with Gasteiger partial charge in [0.25, 0.3) is 0 Å². The van der Waals surface area contributed by atoms with Gasteiger partial charge in [-0.05, 0) is 30.0 Å². The van der Waals surface area contributed by atoms with Crippen LogP contribution in [-0.2, 0) is 6.54 Å². The van der Waals surface area contributed by atoms with Crippen LogP contribution in [0.1, 0.15) is 32.8 Å². The van der Waals surface area contributed by atoms with Crippen LogP contribution in [0.3, 0.4) is 0 Å². The van der Waals surface area contributed by atoms with Crippen LogP contribution in [0.25, 0.3) is 0 Å². The molecule has 15 heavy (non-hydrogen) atoms. The molecule has 0 radical (unpaired) electrons. The quantitative estimate of drug-likeness (QED) is 0.630. The lowest BCUT2D eigenvalue weighted by atomic mass is 9.92. The Labute approximate surface area is 97.1 Å². The maximum Gasteiger partial charge on any atom is 0.129 e. The summed E-state index contributed by atoms with van der Waals surface area (Å²) >= 11 is 5.70. The summed E-state index contributed by atoms with van der Waals surface area (Å²) in [4.78, 5) is 4.03. The van der Waals surface area contributed by atoms with Crippen LogP contribution in [0, 0.1) is 5.41 Å². The first kappa shape index (κ1) is 12.5.